The number of amides is 1. The monoisotopic (exact) mass is 407 g/mol. The molecule has 0 radical (unpaired) electrons. The first-order valence-corrected chi connectivity index (χ1v) is 8.92. The molecule has 0 bridgehead atoms. The van der Waals surface area contributed by atoms with E-state index in [4.69, 9.17) is 17.4 Å². The molecule has 26 heavy (non-hydrogen) atoms. The zero-order valence-electron chi connectivity index (χ0n) is 14.0. The molecule has 0 aliphatic heterocycles. The Labute approximate surface area is 157 Å². The van der Waals surface area contributed by atoms with Crippen LogP contribution in [0.2, 0.25) is 5.02 Å². The van der Waals surface area contributed by atoms with E-state index in [-0.39, 0.29) is 10.7 Å². The summed E-state index contributed by atoms with van der Waals surface area (Å²) in [5.74, 6) is 5.93. The van der Waals surface area contributed by atoms with E-state index in [1.807, 2.05) is 6.92 Å². The molecule has 1 heterocycles. The van der Waals surface area contributed by atoms with E-state index in [1.165, 1.54) is 4.68 Å². The van der Waals surface area contributed by atoms with Crippen LogP contribution in [0.25, 0.3) is 0 Å². The first kappa shape index (κ1) is 20.4. The zero-order valence-corrected chi connectivity index (χ0v) is 15.5. The van der Waals surface area contributed by atoms with Gasteiger partial charge in [0.1, 0.15) is 0 Å². The number of nitrogens with zero attached hydrogens (tertiary/aromatic N) is 3. The summed E-state index contributed by atoms with van der Waals surface area (Å²) in [7, 11) is 0. The van der Waals surface area contributed by atoms with Gasteiger partial charge in [-0.25, -0.2) is 4.68 Å². The van der Waals surface area contributed by atoms with Crippen LogP contribution in [-0.2, 0) is 17.4 Å². The van der Waals surface area contributed by atoms with Gasteiger partial charge in [-0.2, -0.15) is 13.2 Å². The third-order valence-corrected chi connectivity index (χ3v) is 4.80. The predicted molar refractivity (Wildman–Crippen MR) is 94.6 cm³/mol. The fourth-order valence-electron chi connectivity index (χ4n) is 2.03. The molecule has 0 fully saturated rings. The van der Waals surface area contributed by atoms with Gasteiger partial charge in [-0.3, -0.25) is 4.79 Å². The Kier molecular flexibility index (Phi) is 6.40. The first-order chi connectivity index (χ1) is 12.1. The second kappa shape index (κ2) is 8.17. The average molecular weight is 408 g/mol. The number of hydrogen-bond acceptors (Lipinski definition) is 5. The minimum Gasteiger partial charge on any atom is -0.336 e. The summed E-state index contributed by atoms with van der Waals surface area (Å²) in [5, 5.41) is 9.94. The molecule has 0 aliphatic carbocycles. The molecule has 11 heteroatoms. The van der Waals surface area contributed by atoms with E-state index in [1.54, 1.807) is 6.92 Å². The van der Waals surface area contributed by atoms with Crippen LogP contribution in [0.3, 0.4) is 0 Å². The Morgan fingerprint density at radius 1 is 1.42 bits per heavy atom. The number of halogens is 4. The van der Waals surface area contributed by atoms with E-state index in [2.05, 4.69) is 15.5 Å². The van der Waals surface area contributed by atoms with Crippen LogP contribution in [0.5, 0.6) is 0 Å². The van der Waals surface area contributed by atoms with Gasteiger partial charge in [-0.1, -0.05) is 30.3 Å². The van der Waals surface area contributed by atoms with E-state index >= 15 is 0 Å². The lowest BCUT2D eigenvalue weighted by Gasteiger charge is -2.14. The second-order valence-electron chi connectivity index (χ2n) is 5.46. The molecule has 3 N–H and O–H groups in total. The van der Waals surface area contributed by atoms with E-state index < -0.39 is 22.9 Å². The van der Waals surface area contributed by atoms with Crippen LogP contribution in [0.4, 0.5) is 18.9 Å². The minimum atomic E-state index is -4.53. The number of rotatable bonds is 6. The van der Waals surface area contributed by atoms with Crippen molar-refractivity contribution in [3.63, 3.8) is 0 Å². The lowest BCUT2D eigenvalue weighted by molar-refractivity contribution is -0.137. The number of carbonyl (C=O) groups excluding carboxylic acids is 1. The Morgan fingerprint density at radius 3 is 2.73 bits per heavy atom. The van der Waals surface area contributed by atoms with Crippen LogP contribution in [0.1, 0.15) is 31.7 Å². The molecule has 6 nitrogen and oxygen atoms in total. The van der Waals surface area contributed by atoms with Gasteiger partial charge < -0.3 is 11.2 Å². The summed E-state index contributed by atoms with van der Waals surface area (Å²) in [6, 6.07) is 2.73. The number of aryl methyl sites for hydroxylation is 1. The Balaban J connectivity index is 2.10. The maximum atomic E-state index is 12.8. The number of alkyl halides is 3. The Morgan fingerprint density at radius 2 is 2.12 bits per heavy atom. The Hall–Kier alpha value is -1.94. The van der Waals surface area contributed by atoms with Crippen molar-refractivity contribution in [2.75, 3.05) is 11.2 Å². The summed E-state index contributed by atoms with van der Waals surface area (Å²) in [5.41, 5.74) is -1.01. The van der Waals surface area contributed by atoms with Gasteiger partial charge in [0.05, 0.1) is 21.5 Å². The summed E-state index contributed by atoms with van der Waals surface area (Å²) < 4.78 is 39.7. The average Bonchev–Trinajstić information content (AvgIpc) is 2.89. The van der Waals surface area contributed by atoms with Crippen LogP contribution < -0.4 is 11.2 Å². The predicted octanol–water partition coefficient (Wildman–Crippen LogP) is 3.74. The molecule has 0 spiro atoms. The van der Waals surface area contributed by atoms with Crippen molar-refractivity contribution in [1.29, 1.82) is 0 Å². The van der Waals surface area contributed by atoms with Crippen molar-refractivity contribution in [3.8, 4) is 0 Å². The topological polar surface area (TPSA) is 85.8 Å². The van der Waals surface area contributed by atoms with E-state index in [9.17, 15) is 18.0 Å². The maximum Gasteiger partial charge on any atom is 0.416 e. The van der Waals surface area contributed by atoms with Gasteiger partial charge in [-0.15, -0.1) is 10.2 Å². The van der Waals surface area contributed by atoms with Gasteiger partial charge in [0.2, 0.25) is 11.1 Å². The molecular formula is C15H17ClF3N5OS. The highest BCUT2D eigenvalue weighted by molar-refractivity contribution is 8.00. The van der Waals surface area contributed by atoms with Crippen molar-refractivity contribution >= 4 is 35.0 Å². The van der Waals surface area contributed by atoms with E-state index in [0.29, 0.717) is 17.4 Å². The number of aromatic nitrogens is 3. The maximum absolute atomic E-state index is 12.8. The number of nitrogens with two attached hydrogens (primary N) is 1. The van der Waals surface area contributed by atoms with Crippen molar-refractivity contribution in [3.05, 3.63) is 34.6 Å². The first-order valence-electron chi connectivity index (χ1n) is 7.67. The van der Waals surface area contributed by atoms with Gasteiger partial charge in [0, 0.05) is 6.42 Å². The third kappa shape index (κ3) is 4.82. The number of thioether (sulfide) groups is 1. The minimum absolute atomic E-state index is 0.00998. The van der Waals surface area contributed by atoms with Crippen LogP contribution in [-0.4, -0.2) is 26.0 Å². The van der Waals surface area contributed by atoms with Crippen LogP contribution in [0.15, 0.2) is 23.4 Å². The largest absolute Gasteiger partial charge is 0.416 e. The van der Waals surface area contributed by atoms with Gasteiger partial charge in [0.15, 0.2) is 5.82 Å². The molecule has 0 saturated carbocycles. The van der Waals surface area contributed by atoms with Gasteiger partial charge >= 0.3 is 6.18 Å². The van der Waals surface area contributed by atoms with Gasteiger partial charge in [0.25, 0.3) is 0 Å². The highest BCUT2D eigenvalue weighted by Gasteiger charge is 2.31. The number of nitrogen functional groups attached to an aromatic ring is 1. The molecule has 2 aromatic rings. The molecule has 2 rings (SSSR count). The molecule has 0 unspecified atom stereocenters. The number of anilines is 1. The van der Waals surface area contributed by atoms with Gasteiger partial charge in [-0.05, 0) is 31.5 Å². The molecule has 1 atom stereocenters. The smallest absolute Gasteiger partial charge is 0.336 e. The fraction of sp³-hybridized carbons (Fsp3) is 0.400. The van der Waals surface area contributed by atoms with Crippen molar-refractivity contribution < 1.29 is 18.0 Å². The Bertz CT molecular complexity index is 796. The highest BCUT2D eigenvalue weighted by atomic mass is 35.5. The number of hydrogen-bond donors (Lipinski definition) is 2. The molecule has 142 valence electrons. The zero-order chi connectivity index (χ0) is 19.5. The standard InChI is InChI=1S/C15H17ClF3N5OS/c1-3-4-12-22-23-14(24(12)20)26-8(2)13(25)21-11-7-9(15(17,18)19)5-6-10(11)16/h5-8H,3-4,20H2,1-2H3,(H,21,25)/t8-/m1/s1. The lowest BCUT2D eigenvalue weighted by Crippen LogP contribution is -2.24. The van der Waals surface area contributed by atoms with Crippen molar-refractivity contribution in [1.82, 2.24) is 14.9 Å². The fourth-order valence-corrected chi connectivity index (χ4v) is 2.98. The molecule has 1 aromatic heterocycles. The van der Waals surface area contributed by atoms with Crippen LogP contribution in [0, 0.1) is 0 Å². The summed E-state index contributed by atoms with van der Waals surface area (Å²) in [6.07, 6.45) is -3.05. The number of benzene rings is 1. The highest BCUT2D eigenvalue weighted by Crippen LogP contribution is 2.34. The summed E-state index contributed by atoms with van der Waals surface area (Å²) in [6.45, 7) is 3.55. The summed E-state index contributed by atoms with van der Waals surface area (Å²) in [4.78, 5) is 12.3. The van der Waals surface area contributed by atoms with Crippen LogP contribution >= 0.6 is 23.4 Å². The number of nitrogens with one attached hydrogen (secondary N) is 1. The van der Waals surface area contributed by atoms with Crippen molar-refractivity contribution in [2.24, 2.45) is 0 Å². The summed E-state index contributed by atoms with van der Waals surface area (Å²) >= 11 is 6.93. The molecule has 1 amide bonds. The van der Waals surface area contributed by atoms with E-state index in [0.717, 1.165) is 36.4 Å². The normalized spacial score (nSPS) is 12.8. The number of carbonyl (C=O) groups is 1. The molecule has 0 aliphatic rings. The SMILES string of the molecule is CCCc1nnc(S[C@H](C)C(=O)Nc2cc(C(F)(F)F)ccc2Cl)n1N. The molecular weight excluding hydrogens is 391 g/mol. The quantitative estimate of drug-likeness (QED) is 0.562. The second-order valence-corrected chi connectivity index (χ2v) is 7.18. The lowest BCUT2D eigenvalue weighted by atomic mass is 10.2. The third-order valence-electron chi connectivity index (χ3n) is 3.41. The molecule has 0 saturated heterocycles. The molecule has 1 aromatic carbocycles. The van der Waals surface area contributed by atoms with Crippen molar-refractivity contribution in [2.45, 2.75) is 43.3 Å².